The molecule has 1 saturated heterocycles. The van der Waals surface area contributed by atoms with Crippen molar-refractivity contribution in [1.29, 1.82) is 5.26 Å². The van der Waals surface area contributed by atoms with Crippen molar-refractivity contribution in [3.8, 4) is 6.07 Å². The highest BCUT2D eigenvalue weighted by Crippen LogP contribution is 2.41. The van der Waals surface area contributed by atoms with Crippen LogP contribution in [0.1, 0.15) is 48.1 Å². The predicted molar refractivity (Wildman–Crippen MR) is 133 cm³/mol. The largest absolute Gasteiger partial charge is 0.416 e. The fourth-order valence-corrected chi connectivity index (χ4v) is 5.54. The summed E-state index contributed by atoms with van der Waals surface area (Å²) in [4.78, 5) is 18.7. The summed E-state index contributed by atoms with van der Waals surface area (Å²) in [6, 6.07) is 10.1. The second-order valence-electron chi connectivity index (χ2n) is 9.66. The van der Waals surface area contributed by atoms with Crippen LogP contribution in [0.5, 0.6) is 0 Å². The Kier molecular flexibility index (Phi) is 6.51. The summed E-state index contributed by atoms with van der Waals surface area (Å²) < 4.78 is 57.6. The number of aromatic nitrogens is 2. The zero-order valence-corrected chi connectivity index (χ0v) is 20.9. The van der Waals surface area contributed by atoms with Gasteiger partial charge in [0.25, 0.3) is 0 Å². The lowest BCUT2D eigenvalue weighted by atomic mass is 9.97. The number of anilines is 2. The fraction of sp³-hybridized carbons (Fsp3) is 0.370. The van der Waals surface area contributed by atoms with Gasteiger partial charge in [0, 0.05) is 37.9 Å². The lowest BCUT2D eigenvalue weighted by Crippen LogP contribution is -2.55. The van der Waals surface area contributed by atoms with E-state index in [0.717, 1.165) is 11.6 Å². The van der Waals surface area contributed by atoms with Crippen molar-refractivity contribution < 1.29 is 22.4 Å². The van der Waals surface area contributed by atoms with Crippen LogP contribution in [0, 0.1) is 17.1 Å². The average molecular weight is 527 g/mol. The first-order valence-electron chi connectivity index (χ1n) is 12.3. The highest BCUT2D eigenvalue weighted by Gasteiger charge is 2.43. The van der Waals surface area contributed by atoms with Gasteiger partial charge in [-0.2, -0.15) is 23.5 Å². The summed E-state index contributed by atoms with van der Waals surface area (Å²) in [6.45, 7) is 2.71. The summed E-state index contributed by atoms with van der Waals surface area (Å²) in [5, 5.41) is 13.8. The van der Waals surface area contributed by atoms with Gasteiger partial charge in [0.05, 0.1) is 29.4 Å². The molecule has 0 radical (unpaired) electrons. The van der Waals surface area contributed by atoms with Crippen LogP contribution >= 0.6 is 0 Å². The number of nitriles is 1. The van der Waals surface area contributed by atoms with Crippen LogP contribution in [0.25, 0.3) is 0 Å². The Bertz CT molecular complexity index is 1400. The van der Waals surface area contributed by atoms with Crippen molar-refractivity contribution in [1.82, 2.24) is 14.7 Å². The summed E-state index contributed by atoms with van der Waals surface area (Å²) in [5.74, 6) is -0.124. The van der Waals surface area contributed by atoms with Crippen molar-refractivity contribution in [2.45, 2.75) is 44.6 Å². The molecule has 0 spiro atoms. The number of halogens is 4. The first-order chi connectivity index (χ1) is 18.1. The molecule has 2 aliphatic rings. The van der Waals surface area contributed by atoms with Gasteiger partial charge in [0.1, 0.15) is 11.9 Å². The molecular weight excluding hydrogens is 500 g/mol. The van der Waals surface area contributed by atoms with Crippen molar-refractivity contribution >= 4 is 17.5 Å². The number of amides is 2. The standard InChI is InChI=1S/C27H26F4N6O/c1-17(21-7-3-4-8-22(21)27(29,30)31)37-25-19(15-34(2)33-25)16-36(26(37)38)20-10-12-35(13-11-20)24-18(14-32)6-5-9-23(24)28/h3-9,15,17,20H,10-13,16H2,1-2H3/t17-/m0/s1. The van der Waals surface area contributed by atoms with Gasteiger partial charge < -0.3 is 9.80 Å². The number of hydrogen-bond acceptors (Lipinski definition) is 4. The number of rotatable bonds is 4. The van der Waals surface area contributed by atoms with Crippen LogP contribution in [-0.2, 0) is 19.8 Å². The number of aryl methyl sites for hydroxylation is 1. The highest BCUT2D eigenvalue weighted by molar-refractivity contribution is 5.94. The number of fused-ring (bicyclic) bond motifs is 1. The molecule has 3 aromatic rings. The van der Waals surface area contributed by atoms with E-state index in [1.54, 1.807) is 35.8 Å². The Balaban J connectivity index is 1.43. The SMILES string of the molecule is C[C@@H](c1ccccc1C(F)(F)F)N1C(=O)N(C2CCN(c3c(F)cccc3C#N)CC2)Cc2cn(C)nc21. The maximum atomic E-state index is 14.6. The van der Waals surface area contributed by atoms with Gasteiger partial charge in [0.2, 0.25) is 0 Å². The molecule has 0 aliphatic carbocycles. The van der Waals surface area contributed by atoms with Crippen molar-refractivity contribution in [3.63, 3.8) is 0 Å². The summed E-state index contributed by atoms with van der Waals surface area (Å²) >= 11 is 0. The molecule has 198 valence electrons. The van der Waals surface area contributed by atoms with Crippen LogP contribution < -0.4 is 9.80 Å². The Morgan fingerprint density at radius 3 is 2.50 bits per heavy atom. The summed E-state index contributed by atoms with van der Waals surface area (Å²) in [6.07, 6.45) is -1.76. The Morgan fingerprint density at radius 1 is 1.11 bits per heavy atom. The lowest BCUT2D eigenvalue weighted by molar-refractivity contribution is -0.138. The summed E-state index contributed by atoms with van der Waals surface area (Å²) in [7, 11) is 1.71. The zero-order valence-electron chi connectivity index (χ0n) is 20.9. The van der Waals surface area contributed by atoms with E-state index in [1.165, 1.54) is 35.2 Å². The lowest BCUT2D eigenvalue weighted by Gasteiger charge is -2.44. The number of urea groups is 1. The van der Waals surface area contributed by atoms with Gasteiger partial charge in [-0.05, 0) is 43.5 Å². The first kappa shape index (κ1) is 25.6. The Hall–Kier alpha value is -4.07. The van der Waals surface area contributed by atoms with Crippen LogP contribution in [0.4, 0.5) is 33.9 Å². The van der Waals surface area contributed by atoms with Crippen LogP contribution in [-0.4, -0.2) is 39.8 Å². The molecule has 11 heteroatoms. The minimum absolute atomic E-state index is 0.00907. The number of carbonyl (C=O) groups is 1. The molecule has 5 rings (SSSR count). The van der Waals surface area contributed by atoms with E-state index in [0.29, 0.717) is 31.7 Å². The van der Waals surface area contributed by atoms with Crippen LogP contribution in [0.3, 0.4) is 0 Å². The van der Waals surface area contributed by atoms with E-state index in [2.05, 4.69) is 5.10 Å². The predicted octanol–water partition coefficient (Wildman–Crippen LogP) is 5.62. The van der Waals surface area contributed by atoms with Crippen molar-refractivity contribution in [2.24, 2.45) is 7.05 Å². The molecule has 3 heterocycles. The third-order valence-corrected chi connectivity index (χ3v) is 7.34. The second kappa shape index (κ2) is 9.67. The molecule has 2 aromatic carbocycles. The van der Waals surface area contributed by atoms with E-state index >= 15 is 0 Å². The van der Waals surface area contributed by atoms with Gasteiger partial charge in [-0.1, -0.05) is 24.3 Å². The molecule has 0 unspecified atom stereocenters. The number of carbonyl (C=O) groups excluding carboxylic acids is 1. The molecule has 1 fully saturated rings. The van der Waals surface area contributed by atoms with Gasteiger partial charge in [-0.3, -0.25) is 9.58 Å². The van der Waals surface area contributed by atoms with Crippen molar-refractivity contribution in [2.75, 3.05) is 22.9 Å². The Morgan fingerprint density at radius 2 is 1.82 bits per heavy atom. The van der Waals surface area contributed by atoms with Gasteiger partial charge >= 0.3 is 12.2 Å². The second-order valence-corrected chi connectivity index (χ2v) is 9.66. The minimum Gasteiger partial charge on any atom is -0.368 e. The maximum Gasteiger partial charge on any atom is 0.416 e. The molecule has 2 aliphatic heterocycles. The van der Waals surface area contributed by atoms with E-state index in [1.807, 2.05) is 11.0 Å². The smallest absolute Gasteiger partial charge is 0.368 e. The molecule has 7 nitrogen and oxygen atoms in total. The average Bonchev–Trinajstić information content (AvgIpc) is 3.27. The third kappa shape index (κ3) is 4.44. The van der Waals surface area contributed by atoms with Gasteiger partial charge in [-0.15, -0.1) is 0 Å². The minimum atomic E-state index is -4.57. The Labute approximate surface area is 217 Å². The number of nitrogens with zero attached hydrogens (tertiary/aromatic N) is 6. The van der Waals surface area contributed by atoms with E-state index in [-0.39, 0.29) is 29.4 Å². The molecule has 1 atom stereocenters. The molecule has 2 amide bonds. The molecule has 0 bridgehead atoms. The number of alkyl halides is 3. The van der Waals surface area contributed by atoms with Gasteiger partial charge in [0.15, 0.2) is 5.82 Å². The van der Waals surface area contributed by atoms with Gasteiger partial charge in [-0.25, -0.2) is 9.18 Å². The maximum absolute atomic E-state index is 14.6. The summed E-state index contributed by atoms with van der Waals surface area (Å²) in [5.41, 5.74) is 0.450. The normalized spacial score (nSPS) is 17.4. The van der Waals surface area contributed by atoms with E-state index in [9.17, 15) is 27.6 Å². The topological polar surface area (TPSA) is 68.4 Å². The van der Waals surface area contributed by atoms with E-state index < -0.39 is 29.6 Å². The quantitative estimate of drug-likeness (QED) is 0.414. The number of para-hydroxylation sites is 1. The molecule has 1 aromatic heterocycles. The first-order valence-corrected chi connectivity index (χ1v) is 12.3. The molecule has 0 saturated carbocycles. The monoisotopic (exact) mass is 526 g/mol. The molecule has 38 heavy (non-hydrogen) atoms. The zero-order chi connectivity index (χ0) is 27.2. The molecular formula is C27H26F4N6O. The number of piperidine rings is 1. The highest BCUT2D eigenvalue weighted by atomic mass is 19.4. The fourth-order valence-electron chi connectivity index (χ4n) is 5.54. The number of hydrogen-bond donors (Lipinski definition) is 0. The van der Waals surface area contributed by atoms with Crippen molar-refractivity contribution in [3.05, 3.63) is 76.7 Å². The van der Waals surface area contributed by atoms with E-state index in [4.69, 9.17) is 0 Å². The molecule has 0 N–H and O–H groups in total. The number of benzene rings is 2. The third-order valence-electron chi connectivity index (χ3n) is 7.34. The van der Waals surface area contributed by atoms with Crippen LogP contribution in [0.2, 0.25) is 0 Å². The van der Waals surface area contributed by atoms with Crippen LogP contribution in [0.15, 0.2) is 48.7 Å².